The summed E-state index contributed by atoms with van der Waals surface area (Å²) in [5.41, 5.74) is 0. The molecule has 4 heteroatoms. The van der Waals surface area contributed by atoms with E-state index in [2.05, 4.69) is 15.0 Å². The van der Waals surface area contributed by atoms with Gasteiger partial charge in [-0.15, -0.1) is 0 Å². The van der Waals surface area contributed by atoms with Gasteiger partial charge in [0.25, 0.3) is 0 Å². The summed E-state index contributed by atoms with van der Waals surface area (Å²) in [6.45, 7) is 2.86. The third-order valence-corrected chi connectivity index (χ3v) is 1.17. The van der Waals surface area contributed by atoms with Crippen LogP contribution in [0.15, 0.2) is 4.99 Å². The molecule has 1 rings (SSSR count). The molecule has 56 valence electrons. The molecular formula is C6H10N2O2. The van der Waals surface area contributed by atoms with Gasteiger partial charge in [0.2, 0.25) is 0 Å². The van der Waals surface area contributed by atoms with Crippen LogP contribution in [0.2, 0.25) is 0 Å². The lowest BCUT2D eigenvalue weighted by atomic mass is 10.3. The van der Waals surface area contributed by atoms with Crippen LogP contribution in [-0.4, -0.2) is 25.1 Å². The Labute approximate surface area is 59.3 Å². The average molecular weight is 142 g/mol. The maximum atomic E-state index is 10.7. The third-order valence-electron chi connectivity index (χ3n) is 1.17. The van der Waals surface area contributed by atoms with Crippen LogP contribution in [0.3, 0.4) is 0 Å². The number of hydrogen-bond acceptors (Lipinski definition) is 4. The van der Waals surface area contributed by atoms with Crippen molar-refractivity contribution in [2.24, 2.45) is 4.99 Å². The molecule has 1 aliphatic heterocycles. The number of carbonyl (C=O) groups excluding carboxylic acids is 1. The van der Waals surface area contributed by atoms with Crippen LogP contribution in [0, 0.1) is 0 Å². The Hall–Kier alpha value is -1.06. The SMILES string of the molecule is CCOC(=O)CC1=NCN1. The van der Waals surface area contributed by atoms with Crippen molar-refractivity contribution in [3.8, 4) is 0 Å². The molecule has 10 heavy (non-hydrogen) atoms. The second kappa shape index (κ2) is 3.20. The van der Waals surface area contributed by atoms with Crippen molar-refractivity contribution in [3.63, 3.8) is 0 Å². The fourth-order valence-electron chi connectivity index (χ4n) is 0.658. The molecule has 0 unspecified atom stereocenters. The highest BCUT2D eigenvalue weighted by atomic mass is 16.5. The van der Waals surface area contributed by atoms with Crippen LogP contribution in [-0.2, 0) is 9.53 Å². The number of carbonyl (C=O) groups is 1. The standard InChI is InChI=1S/C6H10N2O2/c1-2-10-6(9)3-5-7-4-8-5/h2-4H2,1H3,(H,7,8). The van der Waals surface area contributed by atoms with E-state index >= 15 is 0 Å². The number of amidine groups is 1. The van der Waals surface area contributed by atoms with Gasteiger partial charge in [-0.2, -0.15) is 0 Å². The van der Waals surface area contributed by atoms with Gasteiger partial charge in [0.1, 0.15) is 18.9 Å². The fraction of sp³-hybridized carbons (Fsp3) is 0.667. The molecule has 0 saturated heterocycles. The molecule has 0 fully saturated rings. The summed E-state index contributed by atoms with van der Waals surface area (Å²) in [6.07, 6.45) is 0.286. The van der Waals surface area contributed by atoms with Crippen LogP contribution >= 0.6 is 0 Å². The van der Waals surface area contributed by atoms with E-state index in [1.807, 2.05) is 0 Å². The summed E-state index contributed by atoms with van der Waals surface area (Å²) >= 11 is 0. The Morgan fingerprint density at radius 3 is 3.00 bits per heavy atom. The van der Waals surface area contributed by atoms with Crippen molar-refractivity contribution in [2.75, 3.05) is 13.3 Å². The predicted octanol–water partition coefficient (Wildman–Crippen LogP) is -0.101. The van der Waals surface area contributed by atoms with E-state index in [0.717, 1.165) is 5.84 Å². The number of ether oxygens (including phenoxy) is 1. The molecule has 0 spiro atoms. The molecular weight excluding hydrogens is 132 g/mol. The normalized spacial score (nSPS) is 14.7. The van der Waals surface area contributed by atoms with Gasteiger partial charge in [-0.3, -0.25) is 9.79 Å². The molecule has 0 radical (unpaired) electrons. The lowest BCUT2D eigenvalue weighted by molar-refractivity contribution is -0.141. The van der Waals surface area contributed by atoms with Gasteiger partial charge in [-0.05, 0) is 6.92 Å². The molecule has 0 aromatic heterocycles. The van der Waals surface area contributed by atoms with Crippen LogP contribution in [0.1, 0.15) is 13.3 Å². The van der Waals surface area contributed by atoms with Crippen LogP contribution in [0.4, 0.5) is 0 Å². The Morgan fingerprint density at radius 1 is 1.90 bits per heavy atom. The van der Waals surface area contributed by atoms with Crippen molar-refractivity contribution >= 4 is 11.8 Å². The van der Waals surface area contributed by atoms with E-state index in [1.165, 1.54) is 0 Å². The lowest BCUT2D eigenvalue weighted by Gasteiger charge is -2.14. The first-order valence-corrected chi connectivity index (χ1v) is 3.25. The molecule has 1 aliphatic rings. The Kier molecular flexibility index (Phi) is 2.25. The zero-order valence-electron chi connectivity index (χ0n) is 5.89. The Bertz CT molecular complexity index is 165. The summed E-state index contributed by atoms with van der Waals surface area (Å²) < 4.78 is 4.69. The van der Waals surface area contributed by atoms with E-state index in [9.17, 15) is 4.79 Å². The number of nitrogens with zero attached hydrogens (tertiary/aromatic N) is 1. The van der Waals surface area contributed by atoms with Crippen molar-refractivity contribution in [3.05, 3.63) is 0 Å². The largest absolute Gasteiger partial charge is 0.466 e. The maximum absolute atomic E-state index is 10.7. The second-order valence-electron chi connectivity index (χ2n) is 1.92. The minimum Gasteiger partial charge on any atom is -0.466 e. The summed E-state index contributed by atoms with van der Waals surface area (Å²) in [7, 11) is 0. The van der Waals surface area contributed by atoms with Crippen molar-refractivity contribution < 1.29 is 9.53 Å². The highest BCUT2D eigenvalue weighted by Gasteiger charge is 2.11. The quantitative estimate of drug-likeness (QED) is 0.560. The van der Waals surface area contributed by atoms with Gasteiger partial charge in [0, 0.05) is 0 Å². The van der Waals surface area contributed by atoms with E-state index in [0.29, 0.717) is 13.3 Å². The first kappa shape index (κ1) is 7.05. The molecule has 0 atom stereocenters. The van der Waals surface area contributed by atoms with Crippen molar-refractivity contribution in [1.29, 1.82) is 0 Å². The number of hydrogen-bond donors (Lipinski definition) is 1. The molecule has 0 bridgehead atoms. The van der Waals surface area contributed by atoms with Gasteiger partial charge in [0.15, 0.2) is 0 Å². The lowest BCUT2D eigenvalue weighted by Crippen LogP contribution is -2.35. The Morgan fingerprint density at radius 2 is 2.60 bits per heavy atom. The van der Waals surface area contributed by atoms with E-state index in [1.54, 1.807) is 6.92 Å². The minimum atomic E-state index is -0.214. The van der Waals surface area contributed by atoms with Gasteiger partial charge in [0.05, 0.1) is 6.61 Å². The minimum absolute atomic E-state index is 0.214. The second-order valence-corrected chi connectivity index (χ2v) is 1.92. The number of esters is 1. The molecule has 0 aromatic rings. The molecule has 0 aliphatic carbocycles. The average Bonchev–Trinajstić information content (AvgIpc) is 1.80. The number of nitrogens with one attached hydrogen (secondary N) is 1. The zero-order chi connectivity index (χ0) is 7.40. The van der Waals surface area contributed by atoms with Crippen molar-refractivity contribution in [1.82, 2.24) is 5.32 Å². The molecule has 1 N–H and O–H groups in total. The van der Waals surface area contributed by atoms with E-state index in [4.69, 9.17) is 0 Å². The van der Waals surface area contributed by atoms with Gasteiger partial charge in [-0.25, -0.2) is 0 Å². The molecule has 0 aromatic carbocycles. The van der Waals surface area contributed by atoms with Crippen LogP contribution in [0.5, 0.6) is 0 Å². The predicted molar refractivity (Wildman–Crippen MR) is 36.7 cm³/mol. The molecule has 0 saturated carbocycles. The van der Waals surface area contributed by atoms with Gasteiger partial charge >= 0.3 is 5.97 Å². The highest BCUT2D eigenvalue weighted by molar-refractivity contribution is 5.99. The summed E-state index contributed by atoms with van der Waals surface area (Å²) in [5.74, 6) is 0.520. The van der Waals surface area contributed by atoms with Crippen LogP contribution < -0.4 is 5.32 Å². The molecule has 0 amide bonds. The topological polar surface area (TPSA) is 50.7 Å². The Balaban J connectivity index is 2.17. The van der Waals surface area contributed by atoms with Gasteiger partial charge in [-0.1, -0.05) is 0 Å². The summed E-state index contributed by atoms with van der Waals surface area (Å²) in [5, 5.41) is 2.88. The number of rotatable bonds is 3. The monoisotopic (exact) mass is 142 g/mol. The van der Waals surface area contributed by atoms with Crippen molar-refractivity contribution in [2.45, 2.75) is 13.3 Å². The fourth-order valence-corrected chi connectivity index (χ4v) is 0.658. The van der Waals surface area contributed by atoms with Gasteiger partial charge < -0.3 is 10.1 Å². The maximum Gasteiger partial charge on any atom is 0.313 e. The highest BCUT2D eigenvalue weighted by Crippen LogP contribution is 1.94. The van der Waals surface area contributed by atoms with E-state index < -0.39 is 0 Å². The third kappa shape index (κ3) is 1.72. The molecule has 1 heterocycles. The summed E-state index contributed by atoms with van der Waals surface area (Å²) in [6, 6.07) is 0. The summed E-state index contributed by atoms with van der Waals surface area (Å²) in [4.78, 5) is 14.6. The van der Waals surface area contributed by atoms with Crippen LogP contribution in [0.25, 0.3) is 0 Å². The molecule has 4 nitrogen and oxygen atoms in total. The number of aliphatic imine (C=N–C) groups is 1. The van der Waals surface area contributed by atoms with E-state index in [-0.39, 0.29) is 12.4 Å². The first-order valence-electron chi connectivity index (χ1n) is 3.25. The smallest absolute Gasteiger partial charge is 0.313 e. The first-order chi connectivity index (χ1) is 4.83. The zero-order valence-corrected chi connectivity index (χ0v) is 5.89.